The van der Waals surface area contributed by atoms with Gasteiger partial charge >= 0.3 is 0 Å². The normalized spacial score (nSPS) is 14.2. The molecule has 0 aromatic heterocycles. The number of sulfonamides is 1. The molecule has 0 spiro atoms. The Morgan fingerprint density at radius 1 is 0.952 bits per heavy atom. The van der Waals surface area contributed by atoms with Crippen LogP contribution in [0.2, 0.25) is 0 Å². The van der Waals surface area contributed by atoms with Crippen LogP contribution in [0.1, 0.15) is 43.7 Å². The van der Waals surface area contributed by atoms with Gasteiger partial charge in [-0.2, -0.15) is 0 Å². The summed E-state index contributed by atoms with van der Waals surface area (Å²) < 4.78 is 40.1. The molecule has 1 saturated carbocycles. The highest BCUT2D eigenvalue weighted by atomic mass is 32.2. The van der Waals surface area contributed by atoms with Gasteiger partial charge in [0.1, 0.15) is 24.1 Å². The number of hydrogen-bond acceptors (Lipinski definition) is 6. The maximum absolute atomic E-state index is 14.2. The SMILES string of the molecule is COc1ccc(OC)c(N(CC(=O)N(Cc2cccc(C)c2)[C@@H](C)C(=O)NC2CCCC2)S(=O)(=O)c2ccccc2)c1. The lowest BCUT2D eigenvalue weighted by Gasteiger charge is -2.33. The number of nitrogens with zero attached hydrogens (tertiary/aromatic N) is 2. The molecule has 224 valence electrons. The van der Waals surface area contributed by atoms with Crippen molar-refractivity contribution in [2.24, 2.45) is 0 Å². The first-order valence-electron chi connectivity index (χ1n) is 14.1. The number of hydrogen-bond donors (Lipinski definition) is 1. The third-order valence-electron chi connectivity index (χ3n) is 7.57. The van der Waals surface area contributed by atoms with E-state index in [4.69, 9.17) is 9.47 Å². The van der Waals surface area contributed by atoms with Crippen molar-refractivity contribution in [3.63, 3.8) is 0 Å². The first kappa shape index (κ1) is 30.9. The van der Waals surface area contributed by atoms with Crippen LogP contribution in [0, 0.1) is 6.92 Å². The Bertz CT molecular complexity index is 1490. The number of benzene rings is 3. The van der Waals surface area contributed by atoms with E-state index in [9.17, 15) is 18.0 Å². The summed E-state index contributed by atoms with van der Waals surface area (Å²) in [6.45, 7) is 3.21. The summed E-state index contributed by atoms with van der Waals surface area (Å²) in [5.74, 6) is -0.151. The molecule has 42 heavy (non-hydrogen) atoms. The predicted molar refractivity (Wildman–Crippen MR) is 162 cm³/mol. The smallest absolute Gasteiger partial charge is 0.264 e. The van der Waals surface area contributed by atoms with Crippen LogP contribution in [-0.2, 0) is 26.2 Å². The van der Waals surface area contributed by atoms with Crippen molar-refractivity contribution in [3.05, 3.63) is 83.9 Å². The van der Waals surface area contributed by atoms with Gasteiger partial charge in [0, 0.05) is 18.7 Å². The summed E-state index contributed by atoms with van der Waals surface area (Å²) >= 11 is 0. The minimum atomic E-state index is -4.23. The molecule has 3 aromatic rings. The lowest BCUT2D eigenvalue weighted by atomic mass is 10.1. The largest absolute Gasteiger partial charge is 0.497 e. The second kappa shape index (κ2) is 13.7. The topological polar surface area (TPSA) is 105 Å². The average Bonchev–Trinajstić information content (AvgIpc) is 3.51. The standard InChI is InChI=1S/C32H39N3O6S/c1-23-11-10-12-25(19-23)21-34(24(2)32(37)33-26-13-8-9-14-26)31(36)22-35(42(38,39)28-15-6-5-7-16-28)29-20-27(40-3)17-18-30(29)41-4/h5-7,10-12,15-20,24,26H,8-9,13-14,21-22H2,1-4H3,(H,33,37)/t24-/m0/s1. The summed E-state index contributed by atoms with van der Waals surface area (Å²) in [6.07, 6.45) is 3.92. The second-order valence-electron chi connectivity index (χ2n) is 10.5. The van der Waals surface area contributed by atoms with Crippen LogP contribution >= 0.6 is 0 Å². The van der Waals surface area contributed by atoms with Crippen molar-refractivity contribution in [1.82, 2.24) is 10.2 Å². The van der Waals surface area contributed by atoms with E-state index in [1.807, 2.05) is 31.2 Å². The van der Waals surface area contributed by atoms with Gasteiger partial charge in [-0.05, 0) is 56.5 Å². The van der Waals surface area contributed by atoms with E-state index < -0.39 is 28.5 Å². The average molecular weight is 594 g/mol. The molecule has 1 aliphatic rings. The molecule has 2 amide bonds. The van der Waals surface area contributed by atoms with Gasteiger partial charge in [0.2, 0.25) is 11.8 Å². The first-order chi connectivity index (χ1) is 20.1. The van der Waals surface area contributed by atoms with E-state index in [0.717, 1.165) is 41.1 Å². The second-order valence-corrected chi connectivity index (χ2v) is 12.4. The summed E-state index contributed by atoms with van der Waals surface area (Å²) in [7, 11) is -1.33. The van der Waals surface area contributed by atoms with Crippen molar-refractivity contribution >= 4 is 27.5 Å². The third-order valence-corrected chi connectivity index (χ3v) is 9.34. The lowest BCUT2D eigenvalue weighted by molar-refractivity contribution is -0.139. The van der Waals surface area contributed by atoms with Crippen LogP contribution in [0.5, 0.6) is 11.5 Å². The van der Waals surface area contributed by atoms with E-state index in [-0.39, 0.29) is 34.8 Å². The molecular formula is C32H39N3O6S. The van der Waals surface area contributed by atoms with Gasteiger partial charge in [0.25, 0.3) is 10.0 Å². The van der Waals surface area contributed by atoms with E-state index >= 15 is 0 Å². The molecule has 1 N–H and O–H groups in total. The molecule has 9 nitrogen and oxygen atoms in total. The van der Waals surface area contributed by atoms with E-state index in [2.05, 4.69) is 5.32 Å². The van der Waals surface area contributed by atoms with Crippen molar-refractivity contribution in [2.45, 2.75) is 63.1 Å². The Labute approximate surface area is 248 Å². The number of carbonyl (C=O) groups is 2. The van der Waals surface area contributed by atoms with Crippen molar-refractivity contribution in [1.29, 1.82) is 0 Å². The quantitative estimate of drug-likeness (QED) is 0.327. The van der Waals surface area contributed by atoms with Crippen LogP contribution in [0.3, 0.4) is 0 Å². The number of ether oxygens (including phenoxy) is 2. The molecule has 0 aliphatic heterocycles. The van der Waals surface area contributed by atoms with Crippen LogP contribution in [0.15, 0.2) is 77.7 Å². The molecule has 0 heterocycles. The predicted octanol–water partition coefficient (Wildman–Crippen LogP) is 4.68. The number of aryl methyl sites for hydroxylation is 1. The number of carbonyl (C=O) groups excluding carboxylic acids is 2. The molecule has 0 unspecified atom stereocenters. The van der Waals surface area contributed by atoms with Gasteiger partial charge in [-0.3, -0.25) is 13.9 Å². The Hall–Kier alpha value is -4.05. The maximum Gasteiger partial charge on any atom is 0.264 e. The molecule has 0 radical (unpaired) electrons. The first-order valence-corrected chi connectivity index (χ1v) is 15.5. The minimum Gasteiger partial charge on any atom is -0.497 e. The third kappa shape index (κ3) is 7.23. The molecule has 3 aromatic carbocycles. The summed E-state index contributed by atoms with van der Waals surface area (Å²) in [5.41, 5.74) is 1.99. The molecule has 1 aliphatic carbocycles. The number of anilines is 1. The zero-order valence-electron chi connectivity index (χ0n) is 24.6. The van der Waals surface area contributed by atoms with Gasteiger partial charge in [-0.1, -0.05) is 60.9 Å². The molecule has 0 saturated heterocycles. The van der Waals surface area contributed by atoms with Gasteiger partial charge in [-0.15, -0.1) is 0 Å². The molecule has 1 fully saturated rings. The Morgan fingerprint density at radius 3 is 2.31 bits per heavy atom. The minimum absolute atomic E-state index is 0.0138. The summed E-state index contributed by atoms with van der Waals surface area (Å²) in [6, 6.07) is 19.6. The van der Waals surface area contributed by atoms with Crippen LogP contribution in [0.25, 0.3) is 0 Å². The molecule has 10 heteroatoms. The van der Waals surface area contributed by atoms with Crippen molar-refractivity contribution in [3.8, 4) is 11.5 Å². The number of methoxy groups -OCH3 is 2. The summed E-state index contributed by atoms with van der Waals surface area (Å²) in [4.78, 5) is 29.0. The van der Waals surface area contributed by atoms with Crippen molar-refractivity contribution < 1.29 is 27.5 Å². The Morgan fingerprint density at radius 2 is 1.67 bits per heavy atom. The maximum atomic E-state index is 14.2. The van der Waals surface area contributed by atoms with E-state index in [1.165, 1.54) is 37.3 Å². The lowest BCUT2D eigenvalue weighted by Crippen LogP contribution is -2.52. The Kier molecular flexibility index (Phi) is 10.1. The van der Waals surface area contributed by atoms with Gasteiger partial charge < -0.3 is 19.7 Å². The molecule has 4 rings (SSSR count). The summed E-state index contributed by atoms with van der Waals surface area (Å²) in [5, 5.41) is 3.08. The zero-order valence-corrected chi connectivity index (χ0v) is 25.4. The number of rotatable bonds is 12. The monoisotopic (exact) mass is 593 g/mol. The van der Waals surface area contributed by atoms with Crippen molar-refractivity contribution in [2.75, 3.05) is 25.1 Å². The molecule has 1 atom stereocenters. The van der Waals surface area contributed by atoms with Crippen LogP contribution in [0.4, 0.5) is 5.69 Å². The van der Waals surface area contributed by atoms with Gasteiger partial charge in [0.05, 0.1) is 24.8 Å². The highest BCUT2D eigenvalue weighted by Crippen LogP contribution is 2.36. The fourth-order valence-electron chi connectivity index (χ4n) is 5.21. The fourth-order valence-corrected chi connectivity index (χ4v) is 6.64. The Balaban J connectivity index is 1.75. The fraction of sp³-hybridized carbons (Fsp3) is 0.375. The van der Waals surface area contributed by atoms with E-state index in [0.29, 0.717) is 5.75 Å². The van der Waals surface area contributed by atoms with Crippen LogP contribution in [-0.4, -0.2) is 58.0 Å². The van der Waals surface area contributed by atoms with Gasteiger partial charge in [-0.25, -0.2) is 8.42 Å². The van der Waals surface area contributed by atoms with E-state index in [1.54, 1.807) is 37.3 Å². The highest BCUT2D eigenvalue weighted by molar-refractivity contribution is 7.92. The number of nitrogens with one attached hydrogen (secondary N) is 1. The van der Waals surface area contributed by atoms with Crippen LogP contribution < -0.4 is 19.1 Å². The molecule has 0 bridgehead atoms. The highest BCUT2D eigenvalue weighted by Gasteiger charge is 2.34. The number of amides is 2. The zero-order chi connectivity index (χ0) is 30.3. The molecular weight excluding hydrogens is 554 g/mol. The van der Waals surface area contributed by atoms with Gasteiger partial charge in [0.15, 0.2) is 0 Å².